The number of nitrogens with one attached hydrogen (secondary N) is 1. The van der Waals surface area contributed by atoms with Crippen LogP contribution in [0.2, 0.25) is 0 Å². The largest absolute Gasteiger partial charge is 0.425 e. The minimum absolute atomic E-state index is 0.442. The minimum Gasteiger partial charge on any atom is -0.425 e. The Morgan fingerprint density at radius 2 is 2.20 bits per heavy atom. The second-order valence-electron chi connectivity index (χ2n) is 2.15. The molecular weight excluding hydrogens is 132 g/mol. The Morgan fingerprint density at radius 3 is 2.70 bits per heavy atom. The standard InChI is InChI=1S/C6H8N2O2/c1-4-5(2)8(10)6(9)3-7-4/h3,10H,1-2H3/p+1. The fourth-order valence-electron chi connectivity index (χ4n) is 0.660. The summed E-state index contributed by atoms with van der Waals surface area (Å²) in [5.74, 6) is 0. The number of rotatable bonds is 0. The van der Waals surface area contributed by atoms with Crippen LogP contribution in [-0.4, -0.2) is 9.94 Å². The zero-order valence-corrected chi connectivity index (χ0v) is 5.88. The van der Waals surface area contributed by atoms with E-state index in [4.69, 9.17) is 5.21 Å². The van der Waals surface area contributed by atoms with Crippen molar-refractivity contribution in [1.29, 1.82) is 0 Å². The van der Waals surface area contributed by atoms with Crippen molar-refractivity contribution in [1.82, 2.24) is 4.73 Å². The van der Waals surface area contributed by atoms with Crippen LogP contribution in [0.5, 0.6) is 0 Å². The molecule has 0 radical (unpaired) electrons. The van der Waals surface area contributed by atoms with Gasteiger partial charge in [0, 0.05) is 6.92 Å². The molecule has 0 aliphatic rings. The summed E-state index contributed by atoms with van der Waals surface area (Å²) in [6.45, 7) is 3.44. The highest BCUT2D eigenvalue weighted by molar-refractivity contribution is 5.00. The maximum atomic E-state index is 10.7. The van der Waals surface area contributed by atoms with Crippen LogP contribution in [0.15, 0.2) is 11.0 Å². The predicted octanol–water partition coefficient (Wildman–Crippen LogP) is -0.483. The van der Waals surface area contributed by atoms with Crippen molar-refractivity contribution in [3.63, 3.8) is 0 Å². The molecule has 1 aromatic heterocycles. The van der Waals surface area contributed by atoms with Crippen LogP contribution >= 0.6 is 0 Å². The zero-order valence-electron chi connectivity index (χ0n) is 5.88. The molecule has 1 aromatic rings. The maximum Gasteiger partial charge on any atom is 0.347 e. The number of nitrogens with zero attached hydrogens (tertiary/aromatic N) is 1. The molecule has 10 heavy (non-hydrogen) atoms. The molecule has 2 N–H and O–H groups in total. The average Bonchev–Trinajstić information content (AvgIpc) is 1.93. The van der Waals surface area contributed by atoms with Gasteiger partial charge in [0.15, 0.2) is 5.69 Å². The lowest BCUT2D eigenvalue weighted by Gasteiger charge is -1.96. The van der Waals surface area contributed by atoms with Gasteiger partial charge in [-0.2, -0.15) is 0 Å². The number of hydrogen-bond acceptors (Lipinski definition) is 2. The van der Waals surface area contributed by atoms with Crippen molar-refractivity contribution in [2.45, 2.75) is 13.8 Å². The summed E-state index contributed by atoms with van der Waals surface area (Å²) in [6, 6.07) is 0. The minimum atomic E-state index is -0.442. The highest BCUT2D eigenvalue weighted by Crippen LogP contribution is 1.90. The Labute approximate surface area is 57.7 Å². The molecule has 1 heterocycles. The van der Waals surface area contributed by atoms with Gasteiger partial charge in [-0.15, -0.1) is 4.73 Å². The van der Waals surface area contributed by atoms with E-state index in [1.54, 1.807) is 13.8 Å². The SMILES string of the molecule is Cc1[nH+]cc(=O)n(O)c1C. The Bertz CT molecular complexity index is 303. The molecule has 0 aliphatic heterocycles. The number of aromatic amines is 1. The first-order valence-corrected chi connectivity index (χ1v) is 2.93. The maximum absolute atomic E-state index is 10.7. The fourth-order valence-corrected chi connectivity index (χ4v) is 0.660. The van der Waals surface area contributed by atoms with Gasteiger partial charge >= 0.3 is 5.56 Å². The van der Waals surface area contributed by atoms with Gasteiger partial charge in [0.05, 0.1) is 0 Å². The van der Waals surface area contributed by atoms with Gasteiger partial charge in [-0.1, -0.05) is 0 Å². The van der Waals surface area contributed by atoms with Crippen molar-refractivity contribution >= 4 is 0 Å². The van der Waals surface area contributed by atoms with E-state index in [-0.39, 0.29) is 0 Å². The van der Waals surface area contributed by atoms with E-state index in [0.717, 1.165) is 5.69 Å². The lowest BCUT2D eigenvalue weighted by atomic mass is 10.3. The molecule has 4 heteroatoms. The van der Waals surface area contributed by atoms with Crippen LogP contribution in [-0.2, 0) is 0 Å². The zero-order chi connectivity index (χ0) is 7.72. The summed E-state index contributed by atoms with van der Waals surface area (Å²) >= 11 is 0. The van der Waals surface area contributed by atoms with E-state index >= 15 is 0 Å². The lowest BCUT2D eigenvalue weighted by Crippen LogP contribution is -2.28. The average molecular weight is 141 g/mol. The monoisotopic (exact) mass is 141 g/mol. The molecule has 0 aliphatic carbocycles. The lowest BCUT2D eigenvalue weighted by molar-refractivity contribution is -0.392. The Morgan fingerprint density at radius 1 is 1.60 bits per heavy atom. The van der Waals surface area contributed by atoms with E-state index in [2.05, 4.69) is 4.98 Å². The molecule has 0 bridgehead atoms. The number of hydrogen-bond donors (Lipinski definition) is 1. The Kier molecular flexibility index (Phi) is 1.45. The highest BCUT2D eigenvalue weighted by atomic mass is 16.5. The summed E-state index contributed by atoms with van der Waals surface area (Å²) in [5, 5.41) is 8.97. The molecule has 4 nitrogen and oxygen atoms in total. The second kappa shape index (κ2) is 2.13. The second-order valence-corrected chi connectivity index (χ2v) is 2.15. The topological polar surface area (TPSA) is 56.4 Å². The first kappa shape index (κ1) is 6.80. The molecule has 54 valence electrons. The normalized spacial score (nSPS) is 9.80. The highest BCUT2D eigenvalue weighted by Gasteiger charge is 2.05. The van der Waals surface area contributed by atoms with Gasteiger partial charge in [-0.3, -0.25) is 4.79 Å². The van der Waals surface area contributed by atoms with E-state index in [1.807, 2.05) is 0 Å². The van der Waals surface area contributed by atoms with Gasteiger partial charge in [-0.05, 0) is 6.92 Å². The van der Waals surface area contributed by atoms with E-state index in [0.29, 0.717) is 10.4 Å². The van der Waals surface area contributed by atoms with Crippen molar-refractivity contribution < 1.29 is 10.2 Å². The first-order valence-electron chi connectivity index (χ1n) is 2.93. The van der Waals surface area contributed by atoms with Crippen LogP contribution in [0, 0.1) is 13.8 Å². The Balaban J connectivity index is 3.49. The van der Waals surface area contributed by atoms with E-state index < -0.39 is 5.56 Å². The van der Waals surface area contributed by atoms with E-state index in [9.17, 15) is 4.79 Å². The Hall–Kier alpha value is -1.32. The predicted molar refractivity (Wildman–Crippen MR) is 33.9 cm³/mol. The third-order valence-electron chi connectivity index (χ3n) is 1.48. The number of aryl methyl sites for hydroxylation is 1. The van der Waals surface area contributed by atoms with Gasteiger partial charge in [0.25, 0.3) is 0 Å². The molecule has 0 atom stereocenters. The smallest absolute Gasteiger partial charge is 0.347 e. The summed E-state index contributed by atoms with van der Waals surface area (Å²) in [7, 11) is 0. The van der Waals surface area contributed by atoms with Crippen molar-refractivity contribution in [3.05, 3.63) is 27.9 Å². The van der Waals surface area contributed by atoms with E-state index in [1.165, 1.54) is 6.20 Å². The molecule has 1 rings (SSSR count). The molecule has 0 aromatic carbocycles. The molecule has 0 saturated carbocycles. The third kappa shape index (κ3) is 0.877. The van der Waals surface area contributed by atoms with Crippen molar-refractivity contribution in [3.8, 4) is 0 Å². The van der Waals surface area contributed by atoms with Crippen molar-refractivity contribution in [2.24, 2.45) is 0 Å². The van der Waals surface area contributed by atoms with Gasteiger partial charge in [-0.25, -0.2) is 4.98 Å². The van der Waals surface area contributed by atoms with Crippen LogP contribution in [0.25, 0.3) is 0 Å². The fraction of sp³-hybridized carbons (Fsp3) is 0.333. The van der Waals surface area contributed by atoms with Crippen LogP contribution in [0.4, 0.5) is 0 Å². The summed E-state index contributed by atoms with van der Waals surface area (Å²) < 4.78 is 0.617. The summed E-state index contributed by atoms with van der Waals surface area (Å²) in [5.41, 5.74) is 0.873. The molecule has 0 fully saturated rings. The van der Waals surface area contributed by atoms with Crippen LogP contribution in [0.1, 0.15) is 11.4 Å². The first-order chi connectivity index (χ1) is 4.63. The molecule has 0 saturated heterocycles. The molecular formula is C6H9N2O2+. The molecule has 0 unspecified atom stereocenters. The number of aromatic nitrogens is 2. The molecule has 0 amide bonds. The van der Waals surface area contributed by atoms with Gasteiger partial charge in [0.2, 0.25) is 6.20 Å². The van der Waals surface area contributed by atoms with Gasteiger partial charge in [0.1, 0.15) is 5.69 Å². The van der Waals surface area contributed by atoms with Gasteiger partial charge < -0.3 is 5.21 Å². The van der Waals surface area contributed by atoms with Crippen LogP contribution < -0.4 is 10.5 Å². The summed E-state index contributed by atoms with van der Waals surface area (Å²) in [6.07, 6.45) is 1.21. The van der Waals surface area contributed by atoms with Crippen LogP contribution in [0.3, 0.4) is 0 Å². The molecule has 0 spiro atoms. The quantitative estimate of drug-likeness (QED) is 0.496. The van der Waals surface area contributed by atoms with Crippen molar-refractivity contribution in [2.75, 3.05) is 0 Å². The number of H-pyrrole nitrogens is 1. The third-order valence-corrected chi connectivity index (χ3v) is 1.48. The summed E-state index contributed by atoms with van der Waals surface area (Å²) in [4.78, 5) is 13.4.